The maximum Gasteiger partial charge on any atom is 0.198 e. The molecule has 4 atom stereocenters. The number of rotatable bonds is 12. The molecule has 0 spiro atoms. The van der Waals surface area contributed by atoms with Crippen molar-refractivity contribution in [1.82, 2.24) is 9.55 Å². The molecule has 0 saturated carbocycles. The van der Waals surface area contributed by atoms with Gasteiger partial charge in [-0.15, -0.1) is 0 Å². The molecule has 2 saturated heterocycles. The average molecular weight is 595 g/mol. The molecule has 2 aliphatic heterocycles. The molecule has 0 radical (unpaired) electrons. The maximum atomic E-state index is 15.5. The van der Waals surface area contributed by atoms with E-state index in [0.29, 0.717) is 24.6 Å². The lowest BCUT2D eigenvalue weighted by molar-refractivity contribution is 0.00479. The SMILES string of the molecule is CCCCOc1cc(F)c(-c2nc3cc(O[C@@H]4CO[C@H]5[C@@H]4OC[C@H]5O)n(COCC[Si](C)(C)C)c3cc2F)c(F)c1. The second-order valence-electron chi connectivity index (χ2n) is 11.8. The van der Waals surface area contributed by atoms with Gasteiger partial charge in [-0.25, -0.2) is 18.2 Å². The number of hydrogen-bond acceptors (Lipinski definition) is 7. The third-order valence-corrected chi connectivity index (χ3v) is 9.00. The van der Waals surface area contributed by atoms with Gasteiger partial charge in [0.2, 0.25) is 0 Å². The Kier molecular flexibility index (Phi) is 8.95. The molecule has 0 bridgehead atoms. The van der Waals surface area contributed by atoms with Crippen molar-refractivity contribution in [1.29, 1.82) is 0 Å². The number of nitrogens with zero attached hydrogens (tertiary/aromatic N) is 2. The number of hydrogen-bond donors (Lipinski definition) is 1. The minimum atomic E-state index is -1.35. The van der Waals surface area contributed by atoms with Crippen LogP contribution in [0.15, 0.2) is 24.3 Å². The molecule has 2 fully saturated rings. The van der Waals surface area contributed by atoms with Gasteiger partial charge in [0, 0.05) is 38.9 Å². The molecule has 8 nitrogen and oxygen atoms in total. The molecule has 2 aromatic heterocycles. The van der Waals surface area contributed by atoms with E-state index in [1.165, 1.54) is 6.07 Å². The normalized spacial score (nSPS) is 22.4. The summed E-state index contributed by atoms with van der Waals surface area (Å²) in [5, 5.41) is 10.1. The lowest BCUT2D eigenvalue weighted by atomic mass is 10.1. The molecule has 0 aliphatic carbocycles. The highest BCUT2D eigenvalue weighted by atomic mass is 28.3. The van der Waals surface area contributed by atoms with Crippen LogP contribution in [0.5, 0.6) is 11.6 Å². The number of aliphatic hydroxyl groups is 1. The number of benzene rings is 1. The lowest BCUT2D eigenvalue weighted by Crippen LogP contribution is -2.35. The van der Waals surface area contributed by atoms with Crippen LogP contribution < -0.4 is 9.47 Å². The van der Waals surface area contributed by atoms with Crippen LogP contribution in [0.3, 0.4) is 0 Å². The van der Waals surface area contributed by atoms with Crippen LogP contribution in [0.25, 0.3) is 22.3 Å². The van der Waals surface area contributed by atoms with Gasteiger partial charge in [-0.3, -0.25) is 4.57 Å². The number of aliphatic hydroxyl groups excluding tert-OH is 1. The van der Waals surface area contributed by atoms with Gasteiger partial charge in [0.25, 0.3) is 0 Å². The average Bonchev–Trinajstić information content (AvgIpc) is 3.57. The number of unbranched alkanes of at least 4 members (excludes halogenated alkanes) is 1. The molecular formula is C29H37F3N2O6Si. The fourth-order valence-electron chi connectivity index (χ4n) is 4.96. The van der Waals surface area contributed by atoms with Gasteiger partial charge in [-0.05, 0) is 12.5 Å². The Morgan fingerprint density at radius 1 is 1.00 bits per heavy atom. The molecule has 0 amide bonds. The predicted octanol–water partition coefficient (Wildman–Crippen LogP) is 5.52. The smallest absolute Gasteiger partial charge is 0.198 e. The molecule has 12 heteroatoms. The van der Waals surface area contributed by atoms with E-state index in [4.69, 9.17) is 23.7 Å². The summed E-state index contributed by atoms with van der Waals surface area (Å²) in [6.07, 6.45) is -0.616. The quantitative estimate of drug-likeness (QED) is 0.219. The van der Waals surface area contributed by atoms with Crippen molar-refractivity contribution in [3.05, 3.63) is 41.7 Å². The van der Waals surface area contributed by atoms with Gasteiger partial charge in [-0.1, -0.05) is 33.0 Å². The fourth-order valence-corrected chi connectivity index (χ4v) is 5.72. The first-order valence-corrected chi connectivity index (χ1v) is 17.7. The van der Waals surface area contributed by atoms with Crippen molar-refractivity contribution in [2.24, 2.45) is 0 Å². The van der Waals surface area contributed by atoms with E-state index >= 15 is 13.2 Å². The maximum absolute atomic E-state index is 15.5. The van der Waals surface area contributed by atoms with E-state index < -0.39 is 61.2 Å². The lowest BCUT2D eigenvalue weighted by Gasteiger charge is -2.20. The molecule has 224 valence electrons. The van der Waals surface area contributed by atoms with Crippen LogP contribution in [-0.4, -0.2) is 73.6 Å². The summed E-state index contributed by atoms with van der Waals surface area (Å²) in [5.41, 5.74) is -0.413. The number of aromatic nitrogens is 2. The zero-order chi connectivity index (χ0) is 29.3. The van der Waals surface area contributed by atoms with Crippen LogP contribution in [0.2, 0.25) is 25.7 Å². The van der Waals surface area contributed by atoms with E-state index in [2.05, 4.69) is 24.6 Å². The second-order valence-corrected chi connectivity index (χ2v) is 17.4. The Morgan fingerprint density at radius 3 is 2.44 bits per heavy atom. The van der Waals surface area contributed by atoms with Crippen molar-refractivity contribution in [3.63, 3.8) is 0 Å². The minimum absolute atomic E-state index is 0.0346. The summed E-state index contributed by atoms with van der Waals surface area (Å²) in [7, 11) is -1.35. The number of halogens is 3. The third-order valence-electron chi connectivity index (χ3n) is 7.29. The largest absolute Gasteiger partial charge is 0.493 e. The third kappa shape index (κ3) is 6.56. The Labute approximate surface area is 238 Å². The van der Waals surface area contributed by atoms with Crippen molar-refractivity contribution in [3.8, 4) is 22.9 Å². The van der Waals surface area contributed by atoms with E-state index in [1.54, 1.807) is 10.6 Å². The summed E-state index contributed by atoms with van der Waals surface area (Å²) >= 11 is 0. The Morgan fingerprint density at radius 2 is 1.73 bits per heavy atom. The highest BCUT2D eigenvalue weighted by Crippen LogP contribution is 2.36. The molecule has 5 rings (SSSR count). The number of ether oxygens (including phenoxy) is 5. The Balaban J connectivity index is 1.47. The highest BCUT2D eigenvalue weighted by molar-refractivity contribution is 6.76. The van der Waals surface area contributed by atoms with E-state index in [-0.39, 0.29) is 31.2 Å². The molecule has 4 heterocycles. The number of fused-ring (bicyclic) bond motifs is 2. The summed E-state index contributed by atoms with van der Waals surface area (Å²) < 4.78 is 76.3. The van der Waals surface area contributed by atoms with Crippen LogP contribution in [0, 0.1) is 17.5 Å². The molecule has 1 N–H and O–H groups in total. The highest BCUT2D eigenvalue weighted by Gasteiger charge is 2.48. The van der Waals surface area contributed by atoms with Gasteiger partial charge in [0.1, 0.15) is 48.1 Å². The second kappa shape index (κ2) is 12.3. The van der Waals surface area contributed by atoms with Gasteiger partial charge < -0.3 is 28.8 Å². The molecule has 41 heavy (non-hydrogen) atoms. The van der Waals surface area contributed by atoms with Crippen molar-refractivity contribution >= 4 is 19.1 Å². The van der Waals surface area contributed by atoms with Crippen LogP contribution in [0.4, 0.5) is 13.2 Å². The summed E-state index contributed by atoms with van der Waals surface area (Å²) in [5.74, 6) is -2.49. The van der Waals surface area contributed by atoms with Crippen LogP contribution in [-0.2, 0) is 20.9 Å². The molecular weight excluding hydrogens is 557 g/mol. The van der Waals surface area contributed by atoms with E-state index in [1.807, 2.05) is 6.92 Å². The van der Waals surface area contributed by atoms with Crippen molar-refractivity contribution in [2.75, 3.05) is 26.4 Å². The van der Waals surface area contributed by atoms with E-state index in [0.717, 1.165) is 31.0 Å². The summed E-state index contributed by atoms with van der Waals surface area (Å²) in [6, 6.07) is 5.77. The molecule has 3 aromatic rings. The predicted molar refractivity (Wildman–Crippen MR) is 149 cm³/mol. The molecule has 2 aliphatic rings. The van der Waals surface area contributed by atoms with Gasteiger partial charge in [0.15, 0.2) is 17.8 Å². The standard InChI is InChI=1S/C29H37F3N2O6Si/c1-5-6-7-37-17-10-18(30)26(19(31)11-17)27-20(32)12-22-21(33-27)13-25(34(22)16-36-8-9-41(2,3)4)40-24-15-39-28-23(35)14-38-29(24)28/h10-13,23-24,28-29,35H,5-9,14-16H2,1-4H3/t23-,24-,28-,29-/m1/s1. The van der Waals surface area contributed by atoms with Gasteiger partial charge in [0.05, 0.1) is 36.4 Å². The minimum Gasteiger partial charge on any atom is -0.493 e. The summed E-state index contributed by atoms with van der Waals surface area (Å²) in [4.78, 5) is 4.33. The Bertz CT molecular complexity index is 1360. The summed E-state index contributed by atoms with van der Waals surface area (Å²) in [6.45, 7) is 9.93. The van der Waals surface area contributed by atoms with Gasteiger partial charge in [-0.2, -0.15) is 0 Å². The zero-order valence-corrected chi connectivity index (χ0v) is 24.8. The van der Waals surface area contributed by atoms with Crippen molar-refractivity contribution < 1.29 is 42.0 Å². The van der Waals surface area contributed by atoms with Crippen LogP contribution >= 0.6 is 0 Å². The first-order valence-electron chi connectivity index (χ1n) is 14.0. The molecule has 1 aromatic carbocycles. The Hall–Kier alpha value is -2.64. The zero-order valence-electron chi connectivity index (χ0n) is 23.8. The fraction of sp³-hybridized carbons (Fsp3) is 0.552. The van der Waals surface area contributed by atoms with Crippen molar-refractivity contribution in [2.45, 2.75) is 76.6 Å². The molecule has 0 unspecified atom stereocenters. The van der Waals surface area contributed by atoms with Crippen LogP contribution in [0.1, 0.15) is 19.8 Å². The first kappa shape index (κ1) is 29.8. The van der Waals surface area contributed by atoms with E-state index in [9.17, 15) is 5.11 Å². The number of pyridine rings is 1. The topological polar surface area (TPSA) is 84.2 Å². The first-order chi connectivity index (χ1) is 19.6. The van der Waals surface area contributed by atoms with Gasteiger partial charge >= 0.3 is 0 Å². The monoisotopic (exact) mass is 594 g/mol.